The van der Waals surface area contributed by atoms with Gasteiger partial charge >= 0.3 is 11.9 Å². The van der Waals surface area contributed by atoms with E-state index in [1.54, 1.807) is 47.1 Å². The molecular formula is C34H38N4O7. The molecule has 4 atom stereocenters. The highest BCUT2D eigenvalue weighted by atomic mass is 16.5. The fourth-order valence-corrected chi connectivity index (χ4v) is 6.38. The highest BCUT2D eigenvalue weighted by Gasteiger charge is 2.36. The van der Waals surface area contributed by atoms with Gasteiger partial charge in [-0.1, -0.05) is 24.3 Å². The summed E-state index contributed by atoms with van der Waals surface area (Å²) in [5.74, 6) is -1.57. The first-order valence-corrected chi connectivity index (χ1v) is 15.5. The number of cyclic esters (lactones) is 1. The van der Waals surface area contributed by atoms with Crippen molar-refractivity contribution in [1.82, 2.24) is 20.0 Å². The maximum absolute atomic E-state index is 13.2. The molecule has 2 aliphatic heterocycles. The number of nitrogens with zero attached hydrogens (tertiary/aromatic N) is 3. The molecule has 3 heterocycles. The number of amides is 2. The van der Waals surface area contributed by atoms with Crippen LogP contribution in [0.4, 0.5) is 0 Å². The van der Waals surface area contributed by atoms with Crippen molar-refractivity contribution in [3.05, 3.63) is 82.7 Å². The molecule has 11 nitrogen and oxygen atoms in total. The smallest absolute Gasteiger partial charge is 0.335 e. The predicted molar refractivity (Wildman–Crippen MR) is 163 cm³/mol. The van der Waals surface area contributed by atoms with E-state index in [0.29, 0.717) is 48.9 Å². The molecule has 1 saturated carbocycles. The molecule has 1 aliphatic carbocycles. The van der Waals surface area contributed by atoms with Gasteiger partial charge in [0, 0.05) is 32.3 Å². The number of carbonyl (C=O) groups is 4. The molecular weight excluding hydrogens is 576 g/mol. The van der Waals surface area contributed by atoms with Crippen LogP contribution in [0.3, 0.4) is 0 Å². The number of hydrogen-bond donors (Lipinski definition) is 2. The van der Waals surface area contributed by atoms with Gasteiger partial charge in [0.1, 0.15) is 24.2 Å². The second kappa shape index (κ2) is 12.7. The molecule has 0 bridgehead atoms. The molecule has 2 N–H and O–H groups in total. The van der Waals surface area contributed by atoms with Gasteiger partial charge < -0.3 is 24.8 Å². The third kappa shape index (κ3) is 6.87. The topological polar surface area (TPSA) is 140 Å². The molecule has 2 saturated heterocycles. The Morgan fingerprint density at radius 1 is 1.07 bits per heavy atom. The number of aromatic carboxylic acids is 1. The summed E-state index contributed by atoms with van der Waals surface area (Å²) < 4.78 is 13.2. The summed E-state index contributed by atoms with van der Waals surface area (Å²) in [6.45, 7) is 2.84. The van der Waals surface area contributed by atoms with Gasteiger partial charge in [0.05, 0.1) is 23.9 Å². The van der Waals surface area contributed by atoms with E-state index in [1.807, 2.05) is 19.1 Å². The lowest BCUT2D eigenvalue weighted by Crippen LogP contribution is -2.42. The minimum atomic E-state index is -1.06. The fraction of sp³-hybridized carbons (Fsp3) is 0.441. The lowest BCUT2D eigenvalue weighted by atomic mass is 9.86. The SMILES string of the molecule is C[C@H](NC(=O)c1ccn(C)n1)[C@H](Oc1ccc(C(=O)O)c([C@@H]2CCCN(C(=O)[C@H]3COC(=O)C3)C2)c1)c1ccc(C2CC2)cc1. The third-order valence-corrected chi connectivity index (χ3v) is 8.97. The maximum atomic E-state index is 13.2. The molecule has 236 valence electrons. The number of esters is 1. The van der Waals surface area contributed by atoms with Crippen LogP contribution in [0.1, 0.15) is 94.5 Å². The number of carbonyl (C=O) groups excluding carboxylic acids is 3. The van der Waals surface area contributed by atoms with E-state index in [-0.39, 0.29) is 42.3 Å². The van der Waals surface area contributed by atoms with Crippen LogP contribution in [0.5, 0.6) is 5.75 Å². The number of hydrogen-bond acceptors (Lipinski definition) is 7. The summed E-state index contributed by atoms with van der Waals surface area (Å²) in [6, 6.07) is 14.4. The molecule has 1 aromatic heterocycles. The zero-order valence-electron chi connectivity index (χ0n) is 25.5. The average Bonchev–Trinajstić information content (AvgIpc) is 3.65. The number of piperidine rings is 1. The number of benzene rings is 2. The van der Waals surface area contributed by atoms with Gasteiger partial charge in [-0.05, 0) is 79.5 Å². The van der Waals surface area contributed by atoms with Crippen molar-refractivity contribution in [2.45, 2.75) is 63.0 Å². The number of likely N-dealkylation sites (tertiary alicyclic amines) is 1. The number of carboxylic acid groups (broad SMARTS) is 1. The molecule has 0 unspecified atom stereocenters. The number of aryl methyl sites for hydroxylation is 1. The minimum Gasteiger partial charge on any atom is -0.484 e. The lowest BCUT2D eigenvalue weighted by Gasteiger charge is -2.35. The van der Waals surface area contributed by atoms with Gasteiger partial charge in [0.25, 0.3) is 5.91 Å². The highest BCUT2D eigenvalue weighted by molar-refractivity contribution is 5.92. The minimum absolute atomic E-state index is 0.0712. The van der Waals surface area contributed by atoms with Crippen LogP contribution in [-0.4, -0.2) is 69.3 Å². The van der Waals surface area contributed by atoms with E-state index < -0.39 is 24.0 Å². The van der Waals surface area contributed by atoms with Gasteiger partial charge in [0.15, 0.2) is 0 Å². The summed E-state index contributed by atoms with van der Waals surface area (Å²) in [5, 5.41) is 17.3. The zero-order valence-corrected chi connectivity index (χ0v) is 25.5. The highest BCUT2D eigenvalue weighted by Crippen LogP contribution is 2.41. The first-order valence-electron chi connectivity index (χ1n) is 15.5. The van der Waals surface area contributed by atoms with Crippen molar-refractivity contribution in [1.29, 1.82) is 0 Å². The molecule has 3 aromatic rings. The Morgan fingerprint density at radius 2 is 1.84 bits per heavy atom. The lowest BCUT2D eigenvalue weighted by molar-refractivity contribution is -0.138. The Hall–Kier alpha value is -4.67. The molecule has 45 heavy (non-hydrogen) atoms. The van der Waals surface area contributed by atoms with Crippen molar-refractivity contribution in [2.75, 3.05) is 19.7 Å². The molecule has 0 spiro atoms. The maximum Gasteiger partial charge on any atom is 0.335 e. The largest absolute Gasteiger partial charge is 0.484 e. The predicted octanol–water partition coefficient (Wildman–Crippen LogP) is 4.20. The Labute approximate surface area is 261 Å². The van der Waals surface area contributed by atoms with E-state index in [1.165, 1.54) is 18.4 Å². The van der Waals surface area contributed by atoms with E-state index in [0.717, 1.165) is 5.56 Å². The van der Waals surface area contributed by atoms with Crippen LogP contribution in [0.2, 0.25) is 0 Å². The van der Waals surface area contributed by atoms with Crippen LogP contribution < -0.4 is 10.1 Å². The number of rotatable bonds is 10. The monoisotopic (exact) mass is 614 g/mol. The van der Waals surface area contributed by atoms with Crippen LogP contribution in [0, 0.1) is 5.92 Å². The summed E-state index contributed by atoms with van der Waals surface area (Å²) >= 11 is 0. The van der Waals surface area contributed by atoms with Crippen molar-refractivity contribution < 1.29 is 33.8 Å². The van der Waals surface area contributed by atoms with Gasteiger partial charge in [-0.25, -0.2) is 4.79 Å². The summed E-state index contributed by atoms with van der Waals surface area (Å²) in [5.41, 5.74) is 3.19. The van der Waals surface area contributed by atoms with Crippen molar-refractivity contribution in [2.24, 2.45) is 13.0 Å². The van der Waals surface area contributed by atoms with E-state index in [2.05, 4.69) is 22.5 Å². The Balaban J connectivity index is 1.26. The van der Waals surface area contributed by atoms with Crippen LogP contribution in [0.25, 0.3) is 0 Å². The number of ether oxygens (including phenoxy) is 2. The second-order valence-electron chi connectivity index (χ2n) is 12.4. The molecule has 6 rings (SSSR count). The van der Waals surface area contributed by atoms with E-state index in [4.69, 9.17) is 9.47 Å². The average molecular weight is 615 g/mol. The quantitative estimate of drug-likeness (QED) is 0.324. The van der Waals surface area contributed by atoms with Gasteiger partial charge in [-0.15, -0.1) is 0 Å². The summed E-state index contributed by atoms with van der Waals surface area (Å²) in [4.78, 5) is 51.8. The number of nitrogens with one attached hydrogen (secondary N) is 1. The van der Waals surface area contributed by atoms with Gasteiger partial charge in [-0.3, -0.25) is 19.1 Å². The standard InChI is InChI=1S/C34H38N4O7/c1-20(35-32(40)29-13-15-37(2)36-29)31(23-9-7-22(8-10-23)21-5-6-21)45-26-11-12-27(34(42)43)28(17-26)24-4-3-14-38(18-24)33(41)25-16-30(39)44-19-25/h7-13,15,17,20-21,24-25,31H,3-6,14,16,18-19H2,1-2H3,(H,35,40)(H,42,43)/t20-,24+,25+,31-/m0/s1. The number of aromatic nitrogens is 2. The Morgan fingerprint density at radius 3 is 2.49 bits per heavy atom. The normalized spacial score (nSPS) is 21.1. The zero-order chi connectivity index (χ0) is 31.7. The number of carboxylic acids is 1. The molecule has 2 amide bonds. The Kier molecular flexibility index (Phi) is 8.60. The summed E-state index contributed by atoms with van der Waals surface area (Å²) in [7, 11) is 1.75. The van der Waals surface area contributed by atoms with Crippen molar-refractivity contribution in [3.8, 4) is 5.75 Å². The van der Waals surface area contributed by atoms with Gasteiger partial charge in [0.2, 0.25) is 5.91 Å². The molecule has 3 fully saturated rings. The van der Waals surface area contributed by atoms with Gasteiger partial charge in [-0.2, -0.15) is 5.10 Å². The van der Waals surface area contributed by atoms with Crippen LogP contribution in [0.15, 0.2) is 54.7 Å². The second-order valence-corrected chi connectivity index (χ2v) is 12.4. The molecule has 3 aliphatic rings. The molecule has 11 heteroatoms. The first-order chi connectivity index (χ1) is 21.7. The van der Waals surface area contributed by atoms with Crippen LogP contribution in [-0.2, 0) is 21.4 Å². The van der Waals surface area contributed by atoms with E-state index >= 15 is 0 Å². The Bertz CT molecular complexity index is 1600. The summed E-state index contributed by atoms with van der Waals surface area (Å²) in [6.07, 6.45) is 4.97. The first kappa shape index (κ1) is 30.4. The van der Waals surface area contributed by atoms with Crippen molar-refractivity contribution >= 4 is 23.8 Å². The fourth-order valence-electron chi connectivity index (χ4n) is 6.38. The molecule has 2 aromatic carbocycles. The third-order valence-electron chi connectivity index (χ3n) is 8.97. The van der Waals surface area contributed by atoms with Crippen molar-refractivity contribution in [3.63, 3.8) is 0 Å². The molecule has 0 radical (unpaired) electrons. The van der Waals surface area contributed by atoms with Crippen LogP contribution >= 0.6 is 0 Å². The van der Waals surface area contributed by atoms with E-state index in [9.17, 15) is 24.3 Å².